The lowest BCUT2D eigenvalue weighted by atomic mass is 10.1. The second kappa shape index (κ2) is 8.39. The summed E-state index contributed by atoms with van der Waals surface area (Å²) >= 11 is 0. The highest BCUT2D eigenvalue weighted by Crippen LogP contribution is 2.18. The largest absolute Gasteiger partial charge is 0.338 e. The lowest BCUT2D eigenvalue weighted by Gasteiger charge is -2.32. The van der Waals surface area contributed by atoms with Gasteiger partial charge >= 0.3 is 0 Å². The maximum atomic E-state index is 11.3. The molecule has 1 N–H and O–H groups in total. The SMILES string of the molecule is CCc1nc(Nc2cc(C)c(CC(C)=O)cn2)nc(N2CCN(C)CC2)n1. The van der Waals surface area contributed by atoms with Gasteiger partial charge in [0.1, 0.15) is 17.4 Å². The third-order valence-electron chi connectivity index (χ3n) is 4.67. The molecule has 0 atom stereocenters. The van der Waals surface area contributed by atoms with Gasteiger partial charge in [-0.1, -0.05) is 6.92 Å². The number of ketones is 1. The molecule has 0 amide bonds. The average Bonchev–Trinajstić information content (AvgIpc) is 2.64. The van der Waals surface area contributed by atoms with Crippen LogP contribution in [0.4, 0.5) is 17.7 Å². The Labute approximate surface area is 160 Å². The van der Waals surface area contributed by atoms with Gasteiger partial charge in [0, 0.05) is 45.2 Å². The Morgan fingerprint density at radius 2 is 1.93 bits per heavy atom. The van der Waals surface area contributed by atoms with Crippen LogP contribution in [0.2, 0.25) is 0 Å². The van der Waals surface area contributed by atoms with Crippen molar-refractivity contribution < 1.29 is 4.79 Å². The smallest absolute Gasteiger partial charge is 0.233 e. The topological polar surface area (TPSA) is 87.1 Å². The molecule has 1 aliphatic rings. The zero-order valence-electron chi connectivity index (χ0n) is 16.5. The average molecular weight is 369 g/mol. The van der Waals surface area contributed by atoms with Gasteiger partial charge in [-0.25, -0.2) is 4.98 Å². The highest BCUT2D eigenvalue weighted by molar-refractivity contribution is 5.78. The van der Waals surface area contributed by atoms with Gasteiger partial charge in [-0.2, -0.15) is 15.0 Å². The molecular weight excluding hydrogens is 342 g/mol. The number of pyridine rings is 1. The van der Waals surface area contributed by atoms with E-state index in [1.165, 1.54) is 0 Å². The number of aryl methyl sites for hydroxylation is 2. The van der Waals surface area contributed by atoms with Crippen LogP contribution in [0.1, 0.15) is 30.8 Å². The molecular formula is C19H27N7O. The molecule has 0 bridgehead atoms. The Kier molecular flexibility index (Phi) is 5.95. The molecule has 1 aliphatic heterocycles. The van der Waals surface area contributed by atoms with Crippen LogP contribution in [-0.2, 0) is 17.6 Å². The van der Waals surface area contributed by atoms with E-state index >= 15 is 0 Å². The molecule has 0 radical (unpaired) electrons. The third-order valence-corrected chi connectivity index (χ3v) is 4.67. The molecule has 3 heterocycles. The zero-order chi connectivity index (χ0) is 19.4. The van der Waals surface area contributed by atoms with E-state index in [2.05, 4.69) is 42.1 Å². The summed E-state index contributed by atoms with van der Waals surface area (Å²) in [6.07, 6.45) is 2.88. The van der Waals surface area contributed by atoms with E-state index in [9.17, 15) is 4.79 Å². The Morgan fingerprint density at radius 3 is 2.56 bits per heavy atom. The number of aromatic nitrogens is 4. The summed E-state index contributed by atoms with van der Waals surface area (Å²) in [5.74, 6) is 2.76. The van der Waals surface area contributed by atoms with Crippen molar-refractivity contribution in [3.05, 3.63) is 29.2 Å². The van der Waals surface area contributed by atoms with Crippen molar-refractivity contribution >= 4 is 23.5 Å². The number of carbonyl (C=O) groups is 1. The predicted octanol–water partition coefficient (Wildman–Crippen LogP) is 1.76. The number of rotatable bonds is 6. The molecule has 0 saturated carbocycles. The number of hydrogen-bond acceptors (Lipinski definition) is 8. The second-order valence-electron chi connectivity index (χ2n) is 7.02. The summed E-state index contributed by atoms with van der Waals surface area (Å²) in [6, 6.07) is 1.92. The predicted molar refractivity (Wildman–Crippen MR) is 106 cm³/mol. The van der Waals surface area contributed by atoms with Gasteiger partial charge in [-0.15, -0.1) is 0 Å². The van der Waals surface area contributed by atoms with E-state index in [-0.39, 0.29) is 5.78 Å². The first-order valence-electron chi connectivity index (χ1n) is 9.35. The van der Waals surface area contributed by atoms with Gasteiger partial charge in [-0.05, 0) is 38.1 Å². The quantitative estimate of drug-likeness (QED) is 0.824. The number of Topliss-reactive ketones (excluding diaryl/α,β-unsaturated/α-hetero) is 1. The highest BCUT2D eigenvalue weighted by atomic mass is 16.1. The van der Waals surface area contributed by atoms with E-state index in [1.54, 1.807) is 13.1 Å². The Balaban J connectivity index is 1.81. The number of hydrogen-bond donors (Lipinski definition) is 1. The van der Waals surface area contributed by atoms with Crippen LogP contribution in [0, 0.1) is 6.92 Å². The second-order valence-corrected chi connectivity index (χ2v) is 7.02. The normalized spacial score (nSPS) is 15.0. The fraction of sp³-hybridized carbons (Fsp3) is 0.526. The minimum absolute atomic E-state index is 0.127. The van der Waals surface area contributed by atoms with Gasteiger partial charge in [0.15, 0.2) is 0 Å². The molecule has 0 spiro atoms. The van der Waals surface area contributed by atoms with Gasteiger partial charge in [-0.3, -0.25) is 4.79 Å². The maximum absolute atomic E-state index is 11.3. The molecule has 8 nitrogen and oxygen atoms in total. The first-order valence-corrected chi connectivity index (χ1v) is 9.35. The number of nitrogens with zero attached hydrogens (tertiary/aromatic N) is 6. The van der Waals surface area contributed by atoms with E-state index < -0.39 is 0 Å². The van der Waals surface area contributed by atoms with E-state index in [4.69, 9.17) is 0 Å². The first kappa shape index (κ1) is 19.2. The van der Waals surface area contributed by atoms with Crippen molar-refractivity contribution in [1.82, 2.24) is 24.8 Å². The van der Waals surface area contributed by atoms with Crippen LogP contribution in [0.25, 0.3) is 0 Å². The van der Waals surface area contributed by atoms with Crippen LogP contribution in [0.3, 0.4) is 0 Å². The highest BCUT2D eigenvalue weighted by Gasteiger charge is 2.18. The first-order chi connectivity index (χ1) is 12.9. The van der Waals surface area contributed by atoms with Gasteiger partial charge in [0.05, 0.1) is 0 Å². The van der Waals surface area contributed by atoms with Crippen LogP contribution >= 0.6 is 0 Å². The van der Waals surface area contributed by atoms with Gasteiger partial charge in [0.25, 0.3) is 0 Å². The number of nitrogens with one attached hydrogen (secondary N) is 1. The van der Waals surface area contributed by atoms with E-state index in [1.807, 2.05) is 19.9 Å². The van der Waals surface area contributed by atoms with Crippen molar-refractivity contribution in [2.45, 2.75) is 33.6 Å². The van der Waals surface area contributed by atoms with Crippen LogP contribution in [0.5, 0.6) is 0 Å². The lowest BCUT2D eigenvalue weighted by Crippen LogP contribution is -2.45. The molecule has 8 heteroatoms. The molecule has 1 saturated heterocycles. The lowest BCUT2D eigenvalue weighted by molar-refractivity contribution is -0.116. The molecule has 3 rings (SSSR count). The van der Waals surface area contributed by atoms with Crippen molar-refractivity contribution in [2.24, 2.45) is 0 Å². The Hall–Kier alpha value is -2.61. The molecule has 0 aliphatic carbocycles. The third kappa shape index (κ3) is 4.97. The van der Waals surface area contributed by atoms with E-state index in [0.29, 0.717) is 24.1 Å². The van der Waals surface area contributed by atoms with Crippen molar-refractivity contribution in [2.75, 3.05) is 43.4 Å². The fourth-order valence-electron chi connectivity index (χ4n) is 2.99. The monoisotopic (exact) mass is 369 g/mol. The number of piperazine rings is 1. The van der Waals surface area contributed by atoms with Crippen molar-refractivity contribution in [3.63, 3.8) is 0 Å². The van der Waals surface area contributed by atoms with Crippen molar-refractivity contribution in [3.8, 4) is 0 Å². The minimum atomic E-state index is 0.127. The number of anilines is 3. The summed E-state index contributed by atoms with van der Waals surface area (Å²) < 4.78 is 0. The molecule has 27 heavy (non-hydrogen) atoms. The van der Waals surface area contributed by atoms with Crippen LogP contribution in [-0.4, -0.2) is 63.8 Å². The standard InChI is InChI=1S/C19H27N7O/c1-5-16-21-18(24-19(23-16)26-8-6-25(4)7-9-26)22-17-10-13(2)15(12-20-17)11-14(3)27/h10,12H,5-9,11H2,1-4H3,(H,20,21,22,23,24). The molecule has 1 fully saturated rings. The maximum Gasteiger partial charge on any atom is 0.233 e. The molecule has 0 unspecified atom stereocenters. The molecule has 2 aromatic rings. The number of likely N-dealkylation sites (N-methyl/N-ethyl adjacent to an activating group) is 1. The van der Waals surface area contributed by atoms with Crippen LogP contribution < -0.4 is 10.2 Å². The fourth-order valence-corrected chi connectivity index (χ4v) is 2.99. The summed E-state index contributed by atoms with van der Waals surface area (Å²) in [7, 11) is 2.12. The molecule has 2 aromatic heterocycles. The van der Waals surface area contributed by atoms with Crippen molar-refractivity contribution in [1.29, 1.82) is 0 Å². The zero-order valence-corrected chi connectivity index (χ0v) is 16.5. The Morgan fingerprint density at radius 1 is 1.19 bits per heavy atom. The van der Waals surface area contributed by atoms with Gasteiger partial charge in [0.2, 0.25) is 11.9 Å². The summed E-state index contributed by atoms with van der Waals surface area (Å²) in [6.45, 7) is 9.39. The number of carbonyl (C=O) groups excluding carboxylic acids is 1. The van der Waals surface area contributed by atoms with E-state index in [0.717, 1.165) is 49.6 Å². The Bertz CT molecular complexity index is 816. The summed E-state index contributed by atoms with van der Waals surface area (Å²) in [4.78, 5) is 33.9. The molecule has 0 aromatic carbocycles. The van der Waals surface area contributed by atoms with Gasteiger partial charge < -0.3 is 15.1 Å². The summed E-state index contributed by atoms with van der Waals surface area (Å²) in [5.41, 5.74) is 1.96. The summed E-state index contributed by atoms with van der Waals surface area (Å²) in [5, 5.41) is 3.19. The molecule has 144 valence electrons. The van der Waals surface area contributed by atoms with Crippen LogP contribution in [0.15, 0.2) is 12.3 Å². The minimum Gasteiger partial charge on any atom is -0.338 e.